The number of hydrogen-bond acceptors (Lipinski definition) is 4. The minimum absolute atomic E-state index is 0.00932. The summed E-state index contributed by atoms with van der Waals surface area (Å²) < 4.78 is 0. The number of nitrogens with zero attached hydrogens (tertiary/aromatic N) is 3. The quantitative estimate of drug-likeness (QED) is 0.769. The Balaban J connectivity index is 2.06. The van der Waals surface area contributed by atoms with Crippen LogP contribution >= 0.6 is 0 Å². The summed E-state index contributed by atoms with van der Waals surface area (Å²) in [6, 6.07) is 17.4. The lowest BCUT2D eigenvalue weighted by Gasteiger charge is -2.05. The molecule has 0 unspecified atom stereocenters. The maximum atomic E-state index is 9.22. The number of benzene rings is 2. The van der Waals surface area contributed by atoms with Crippen LogP contribution in [-0.2, 0) is 6.61 Å². The van der Waals surface area contributed by atoms with E-state index in [2.05, 4.69) is 15.4 Å². The van der Waals surface area contributed by atoms with E-state index in [1.54, 1.807) is 0 Å². The molecule has 0 atom stereocenters. The van der Waals surface area contributed by atoms with Crippen molar-refractivity contribution in [2.24, 2.45) is 0 Å². The van der Waals surface area contributed by atoms with Crippen molar-refractivity contribution in [1.29, 1.82) is 5.26 Å². The van der Waals surface area contributed by atoms with Gasteiger partial charge in [0.05, 0.1) is 6.61 Å². The molecule has 0 radical (unpaired) electrons. The first-order valence-electron chi connectivity index (χ1n) is 6.43. The van der Waals surface area contributed by atoms with Crippen LogP contribution in [0.2, 0.25) is 0 Å². The molecule has 1 aromatic heterocycles. The number of aromatic amines is 1. The second-order valence-corrected chi connectivity index (χ2v) is 4.57. The molecule has 5 heteroatoms. The molecule has 0 spiro atoms. The summed E-state index contributed by atoms with van der Waals surface area (Å²) in [5.41, 5.74) is 4.50. The zero-order valence-corrected chi connectivity index (χ0v) is 11.1. The highest BCUT2D eigenvalue weighted by molar-refractivity contribution is 5.73. The van der Waals surface area contributed by atoms with Crippen LogP contribution in [0.3, 0.4) is 0 Å². The van der Waals surface area contributed by atoms with Crippen molar-refractivity contribution in [3.05, 3.63) is 59.8 Å². The third-order valence-corrected chi connectivity index (χ3v) is 3.23. The van der Waals surface area contributed by atoms with E-state index in [4.69, 9.17) is 5.26 Å². The zero-order valence-electron chi connectivity index (χ0n) is 11.1. The number of hydrogen-bond donors (Lipinski definition) is 2. The van der Waals surface area contributed by atoms with E-state index >= 15 is 0 Å². The molecule has 0 saturated heterocycles. The molecule has 2 N–H and O–H groups in total. The Labute approximate surface area is 121 Å². The van der Waals surface area contributed by atoms with Crippen molar-refractivity contribution in [3.63, 3.8) is 0 Å². The Bertz CT molecular complexity index is 817. The largest absolute Gasteiger partial charge is 0.392 e. The molecule has 0 aliphatic heterocycles. The highest BCUT2D eigenvalue weighted by atomic mass is 16.3. The average molecular weight is 276 g/mol. The topological polar surface area (TPSA) is 85.6 Å². The number of aliphatic hydroxyl groups excluding tert-OH is 1. The maximum Gasteiger partial charge on any atom is 0.190 e. The first kappa shape index (κ1) is 13.0. The first-order valence-corrected chi connectivity index (χ1v) is 6.43. The molecule has 5 nitrogen and oxygen atoms in total. The summed E-state index contributed by atoms with van der Waals surface area (Å²) in [5, 5.41) is 28.6. The molecule has 3 aromatic rings. The third kappa shape index (κ3) is 2.53. The van der Waals surface area contributed by atoms with Gasteiger partial charge in [0, 0.05) is 5.56 Å². The van der Waals surface area contributed by atoms with Gasteiger partial charge >= 0.3 is 0 Å². The van der Waals surface area contributed by atoms with Gasteiger partial charge in [0.1, 0.15) is 11.8 Å². The number of nitrogens with one attached hydrogen (secondary N) is 1. The van der Waals surface area contributed by atoms with Gasteiger partial charge in [-0.25, -0.2) is 0 Å². The van der Waals surface area contributed by atoms with Crippen molar-refractivity contribution in [2.75, 3.05) is 0 Å². The molecule has 0 amide bonds. The van der Waals surface area contributed by atoms with E-state index in [9.17, 15) is 5.11 Å². The lowest BCUT2D eigenvalue weighted by Crippen LogP contribution is -1.87. The van der Waals surface area contributed by atoms with Crippen molar-refractivity contribution in [3.8, 4) is 28.5 Å². The molecule has 0 aliphatic rings. The van der Waals surface area contributed by atoms with Crippen LogP contribution in [0.15, 0.2) is 48.5 Å². The number of rotatable bonds is 3. The number of aliphatic hydroxyl groups is 1. The van der Waals surface area contributed by atoms with Gasteiger partial charge in [0.2, 0.25) is 0 Å². The number of H-pyrrole nitrogens is 1. The summed E-state index contributed by atoms with van der Waals surface area (Å²) in [4.78, 5) is 0. The molecule has 2 aromatic carbocycles. The van der Waals surface area contributed by atoms with Crippen LogP contribution in [0.25, 0.3) is 22.4 Å². The molecule has 0 saturated carbocycles. The standard InChI is InChI=1S/C16H12N4O/c17-9-15-16(19-20-18-15)14-6-2-5-13(8-14)12-4-1-3-11(7-12)10-21/h1-8,21H,10H2,(H,18,19,20). The van der Waals surface area contributed by atoms with Crippen molar-refractivity contribution < 1.29 is 5.11 Å². The molecule has 3 rings (SSSR count). The fraction of sp³-hybridized carbons (Fsp3) is 0.0625. The molecule has 1 heterocycles. The minimum atomic E-state index is 0.00932. The molecule has 0 fully saturated rings. The van der Waals surface area contributed by atoms with Crippen molar-refractivity contribution >= 4 is 0 Å². The second-order valence-electron chi connectivity index (χ2n) is 4.57. The van der Waals surface area contributed by atoms with Crippen LogP contribution in [0.5, 0.6) is 0 Å². The van der Waals surface area contributed by atoms with Gasteiger partial charge in [0.25, 0.3) is 0 Å². The molecule has 0 aliphatic carbocycles. The van der Waals surface area contributed by atoms with E-state index in [0.717, 1.165) is 22.3 Å². The Morgan fingerprint density at radius 1 is 1.00 bits per heavy atom. The fourth-order valence-electron chi connectivity index (χ4n) is 2.21. The third-order valence-electron chi connectivity index (χ3n) is 3.23. The zero-order chi connectivity index (χ0) is 14.7. The van der Waals surface area contributed by atoms with Crippen molar-refractivity contribution in [1.82, 2.24) is 15.4 Å². The predicted octanol–water partition coefficient (Wildman–Crippen LogP) is 2.50. The van der Waals surface area contributed by atoms with Crippen LogP contribution in [0, 0.1) is 11.3 Å². The van der Waals surface area contributed by atoms with Crippen LogP contribution < -0.4 is 0 Å². The summed E-state index contributed by atoms with van der Waals surface area (Å²) >= 11 is 0. The number of nitriles is 1. The highest BCUT2D eigenvalue weighted by Gasteiger charge is 2.10. The molecule has 21 heavy (non-hydrogen) atoms. The summed E-state index contributed by atoms with van der Waals surface area (Å²) in [5.74, 6) is 0. The molecule has 0 bridgehead atoms. The fourth-order valence-corrected chi connectivity index (χ4v) is 2.21. The van der Waals surface area contributed by atoms with Crippen molar-refractivity contribution in [2.45, 2.75) is 6.61 Å². The Morgan fingerprint density at radius 2 is 1.71 bits per heavy atom. The molecule has 102 valence electrons. The number of aromatic nitrogens is 3. The van der Waals surface area contributed by atoms with Gasteiger partial charge < -0.3 is 5.11 Å². The highest BCUT2D eigenvalue weighted by Crippen LogP contribution is 2.26. The van der Waals surface area contributed by atoms with E-state index in [0.29, 0.717) is 5.69 Å². The first-order chi connectivity index (χ1) is 10.3. The van der Waals surface area contributed by atoms with Gasteiger partial charge in [-0.1, -0.05) is 36.4 Å². The van der Waals surface area contributed by atoms with E-state index in [1.807, 2.05) is 54.6 Å². The van der Waals surface area contributed by atoms with Crippen LogP contribution in [0.1, 0.15) is 11.3 Å². The van der Waals surface area contributed by atoms with E-state index in [-0.39, 0.29) is 12.3 Å². The van der Waals surface area contributed by atoms with Crippen LogP contribution in [0.4, 0.5) is 0 Å². The summed E-state index contributed by atoms with van der Waals surface area (Å²) in [6.45, 7) is 0.00932. The maximum absolute atomic E-state index is 9.22. The smallest absolute Gasteiger partial charge is 0.190 e. The predicted molar refractivity (Wildman–Crippen MR) is 77.9 cm³/mol. The van der Waals surface area contributed by atoms with Gasteiger partial charge in [-0.05, 0) is 28.8 Å². The van der Waals surface area contributed by atoms with Gasteiger partial charge in [0.15, 0.2) is 5.69 Å². The SMILES string of the molecule is N#Cc1n[nH]nc1-c1cccc(-c2cccc(CO)c2)c1. The Morgan fingerprint density at radius 3 is 2.48 bits per heavy atom. The van der Waals surface area contributed by atoms with Gasteiger partial charge in [-0.15, -0.1) is 5.10 Å². The minimum Gasteiger partial charge on any atom is -0.392 e. The Hall–Kier alpha value is -2.97. The monoisotopic (exact) mass is 276 g/mol. The lowest BCUT2D eigenvalue weighted by atomic mass is 10.00. The lowest BCUT2D eigenvalue weighted by molar-refractivity contribution is 0.282. The molecular formula is C16H12N4O. The normalized spacial score (nSPS) is 10.3. The summed E-state index contributed by atoms with van der Waals surface area (Å²) in [6.07, 6.45) is 0. The second kappa shape index (κ2) is 5.57. The Kier molecular flexibility index (Phi) is 3.46. The van der Waals surface area contributed by atoms with E-state index in [1.165, 1.54) is 0 Å². The average Bonchev–Trinajstić information content (AvgIpc) is 3.03. The van der Waals surface area contributed by atoms with Gasteiger partial charge in [-0.2, -0.15) is 15.6 Å². The summed E-state index contributed by atoms with van der Waals surface area (Å²) in [7, 11) is 0. The van der Waals surface area contributed by atoms with Crippen LogP contribution in [-0.4, -0.2) is 20.5 Å². The molecular weight excluding hydrogens is 264 g/mol. The van der Waals surface area contributed by atoms with E-state index < -0.39 is 0 Å². The van der Waals surface area contributed by atoms with Gasteiger partial charge in [-0.3, -0.25) is 0 Å².